The zero-order valence-corrected chi connectivity index (χ0v) is 9.76. The fourth-order valence-corrected chi connectivity index (χ4v) is 2.58. The zero-order chi connectivity index (χ0) is 11.7. The quantitative estimate of drug-likeness (QED) is 0.810. The van der Waals surface area contributed by atoms with Gasteiger partial charge in [0.1, 0.15) is 0 Å². The fraction of sp³-hybridized carbons (Fsp3) is 0.462. The van der Waals surface area contributed by atoms with E-state index in [1.54, 1.807) is 0 Å². The summed E-state index contributed by atoms with van der Waals surface area (Å²) in [4.78, 5) is 0. The lowest BCUT2D eigenvalue weighted by Gasteiger charge is -2.32. The highest BCUT2D eigenvalue weighted by molar-refractivity contribution is 5.53. The van der Waals surface area contributed by atoms with Crippen molar-refractivity contribution in [1.82, 2.24) is 14.9 Å². The first-order valence-corrected chi connectivity index (χ1v) is 6.11. The van der Waals surface area contributed by atoms with Crippen molar-refractivity contribution in [2.45, 2.75) is 24.9 Å². The molecule has 0 aromatic carbocycles. The predicted molar refractivity (Wildman–Crippen MR) is 65.9 cm³/mol. The second kappa shape index (κ2) is 4.13. The number of β-amino-alcohol motifs (C(OH)–C–C–N with tert-alkyl or cyclic N) is 1. The molecule has 0 saturated carbocycles. The summed E-state index contributed by atoms with van der Waals surface area (Å²) in [7, 11) is 0. The number of aliphatic hydroxyl groups is 1. The van der Waals surface area contributed by atoms with Crippen molar-refractivity contribution < 1.29 is 5.11 Å². The third kappa shape index (κ3) is 2.06. The number of piperidine rings is 1. The molecule has 0 radical (unpaired) electrons. The van der Waals surface area contributed by atoms with Gasteiger partial charge in [0.2, 0.25) is 0 Å². The van der Waals surface area contributed by atoms with E-state index in [9.17, 15) is 5.11 Å². The monoisotopic (exact) mass is 231 g/mol. The van der Waals surface area contributed by atoms with Gasteiger partial charge >= 0.3 is 0 Å². The van der Waals surface area contributed by atoms with Crippen LogP contribution in [-0.2, 0) is 6.42 Å². The SMILES string of the molecule is OC1(Cc2cnn3ccccc23)CCCNC1. The molecule has 90 valence electrons. The Bertz CT molecular complexity index is 514. The number of aromatic nitrogens is 2. The van der Waals surface area contributed by atoms with Crippen LogP contribution in [0.15, 0.2) is 30.6 Å². The molecule has 0 aliphatic carbocycles. The van der Waals surface area contributed by atoms with Crippen LogP contribution >= 0.6 is 0 Å². The minimum absolute atomic E-state index is 0.613. The Balaban J connectivity index is 1.89. The standard InChI is InChI=1S/C13H17N3O/c17-13(5-3-6-14-10-13)8-11-9-15-16-7-2-1-4-12(11)16/h1-2,4,7,9,14,17H,3,5-6,8,10H2. The Hall–Kier alpha value is -1.39. The Kier molecular flexibility index (Phi) is 2.61. The van der Waals surface area contributed by atoms with Crippen LogP contribution in [0.2, 0.25) is 0 Å². The van der Waals surface area contributed by atoms with Gasteiger partial charge in [-0.25, -0.2) is 4.52 Å². The lowest BCUT2D eigenvalue weighted by atomic mass is 9.88. The van der Waals surface area contributed by atoms with Gasteiger partial charge in [-0.15, -0.1) is 0 Å². The van der Waals surface area contributed by atoms with Crippen molar-refractivity contribution in [1.29, 1.82) is 0 Å². The first-order chi connectivity index (χ1) is 8.27. The molecule has 4 heteroatoms. The zero-order valence-electron chi connectivity index (χ0n) is 9.76. The minimum Gasteiger partial charge on any atom is -0.388 e. The molecule has 0 bridgehead atoms. The molecule has 4 nitrogen and oxygen atoms in total. The summed E-state index contributed by atoms with van der Waals surface area (Å²) in [6.07, 6.45) is 6.37. The number of hydrogen-bond acceptors (Lipinski definition) is 3. The molecule has 1 aliphatic rings. The fourth-order valence-electron chi connectivity index (χ4n) is 2.58. The highest BCUT2D eigenvalue weighted by Crippen LogP contribution is 2.23. The highest BCUT2D eigenvalue weighted by atomic mass is 16.3. The Morgan fingerprint density at radius 2 is 2.41 bits per heavy atom. The second-order valence-electron chi connectivity index (χ2n) is 4.88. The molecule has 1 unspecified atom stereocenters. The van der Waals surface area contributed by atoms with Crippen LogP contribution in [0.25, 0.3) is 5.52 Å². The van der Waals surface area contributed by atoms with Crippen molar-refractivity contribution in [3.63, 3.8) is 0 Å². The van der Waals surface area contributed by atoms with Crippen molar-refractivity contribution in [2.24, 2.45) is 0 Å². The third-order valence-electron chi connectivity index (χ3n) is 3.48. The number of rotatable bonds is 2. The molecule has 3 rings (SSSR count). The maximum Gasteiger partial charge on any atom is 0.0813 e. The first kappa shape index (κ1) is 10.7. The van der Waals surface area contributed by atoms with E-state index in [1.807, 2.05) is 35.1 Å². The van der Waals surface area contributed by atoms with Gasteiger partial charge in [0.15, 0.2) is 0 Å². The summed E-state index contributed by atoms with van der Waals surface area (Å²) in [5.41, 5.74) is 1.60. The van der Waals surface area contributed by atoms with E-state index >= 15 is 0 Å². The summed E-state index contributed by atoms with van der Waals surface area (Å²) in [6.45, 7) is 1.69. The summed E-state index contributed by atoms with van der Waals surface area (Å²) in [5, 5.41) is 18.1. The normalized spacial score (nSPS) is 25.2. The summed E-state index contributed by atoms with van der Waals surface area (Å²) < 4.78 is 1.86. The van der Waals surface area contributed by atoms with Crippen LogP contribution < -0.4 is 5.32 Å². The second-order valence-corrected chi connectivity index (χ2v) is 4.88. The van der Waals surface area contributed by atoms with E-state index in [1.165, 1.54) is 0 Å². The van der Waals surface area contributed by atoms with E-state index in [0.717, 1.165) is 30.5 Å². The summed E-state index contributed by atoms with van der Waals surface area (Å²) in [6, 6.07) is 6.01. The van der Waals surface area contributed by atoms with Gasteiger partial charge in [0.25, 0.3) is 0 Å². The van der Waals surface area contributed by atoms with E-state index in [2.05, 4.69) is 10.4 Å². The molecule has 1 fully saturated rings. The van der Waals surface area contributed by atoms with Crippen molar-refractivity contribution in [2.75, 3.05) is 13.1 Å². The number of hydrogen-bond donors (Lipinski definition) is 2. The molecule has 2 aromatic rings. The number of nitrogens with zero attached hydrogens (tertiary/aromatic N) is 2. The van der Waals surface area contributed by atoms with Crippen LogP contribution in [0.5, 0.6) is 0 Å². The Morgan fingerprint density at radius 1 is 1.47 bits per heavy atom. The van der Waals surface area contributed by atoms with Gasteiger partial charge in [-0.2, -0.15) is 5.10 Å². The number of pyridine rings is 1. The minimum atomic E-state index is -0.613. The van der Waals surface area contributed by atoms with E-state index in [4.69, 9.17) is 0 Å². The smallest absolute Gasteiger partial charge is 0.0813 e. The molecule has 3 heterocycles. The topological polar surface area (TPSA) is 49.6 Å². The first-order valence-electron chi connectivity index (χ1n) is 6.11. The van der Waals surface area contributed by atoms with Gasteiger partial charge in [0.05, 0.1) is 17.3 Å². The lowest BCUT2D eigenvalue weighted by molar-refractivity contribution is 0.0172. The number of nitrogens with one attached hydrogen (secondary N) is 1. The molecular weight excluding hydrogens is 214 g/mol. The number of fused-ring (bicyclic) bond motifs is 1. The van der Waals surface area contributed by atoms with Crippen LogP contribution in [0.4, 0.5) is 0 Å². The maximum absolute atomic E-state index is 10.5. The van der Waals surface area contributed by atoms with Crippen LogP contribution in [-0.4, -0.2) is 33.4 Å². The molecule has 2 aromatic heterocycles. The van der Waals surface area contributed by atoms with Gasteiger partial charge in [-0.1, -0.05) is 6.07 Å². The molecule has 0 spiro atoms. The third-order valence-corrected chi connectivity index (χ3v) is 3.48. The van der Waals surface area contributed by atoms with E-state index in [0.29, 0.717) is 13.0 Å². The summed E-state index contributed by atoms with van der Waals surface area (Å²) >= 11 is 0. The predicted octanol–water partition coefficient (Wildman–Crippen LogP) is 0.991. The largest absolute Gasteiger partial charge is 0.388 e. The average molecular weight is 231 g/mol. The van der Waals surface area contributed by atoms with Gasteiger partial charge in [-0.3, -0.25) is 0 Å². The molecular formula is C13H17N3O. The highest BCUT2D eigenvalue weighted by Gasteiger charge is 2.30. The van der Waals surface area contributed by atoms with Gasteiger partial charge in [-0.05, 0) is 31.5 Å². The van der Waals surface area contributed by atoms with E-state index < -0.39 is 5.60 Å². The molecule has 1 aliphatic heterocycles. The molecule has 2 N–H and O–H groups in total. The Labute approximate surface area is 100 Å². The van der Waals surface area contributed by atoms with Crippen LogP contribution in [0.3, 0.4) is 0 Å². The van der Waals surface area contributed by atoms with Crippen molar-refractivity contribution >= 4 is 5.52 Å². The van der Waals surface area contributed by atoms with Crippen LogP contribution in [0, 0.1) is 0 Å². The van der Waals surface area contributed by atoms with Crippen molar-refractivity contribution in [3.05, 3.63) is 36.2 Å². The van der Waals surface area contributed by atoms with E-state index in [-0.39, 0.29) is 0 Å². The summed E-state index contributed by atoms with van der Waals surface area (Å²) in [5.74, 6) is 0. The van der Waals surface area contributed by atoms with Crippen molar-refractivity contribution in [3.8, 4) is 0 Å². The Morgan fingerprint density at radius 3 is 3.24 bits per heavy atom. The van der Waals surface area contributed by atoms with Gasteiger partial charge in [0, 0.05) is 24.7 Å². The lowest BCUT2D eigenvalue weighted by Crippen LogP contribution is -2.47. The van der Waals surface area contributed by atoms with Crippen LogP contribution in [0.1, 0.15) is 18.4 Å². The average Bonchev–Trinajstić information content (AvgIpc) is 2.73. The molecule has 17 heavy (non-hydrogen) atoms. The molecule has 0 amide bonds. The molecule has 1 atom stereocenters. The maximum atomic E-state index is 10.5. The van der Waals surface area contributed by atoms with Gasteiger partial charge < -0.3 is 10.4 Å². The molecule has 1 saturated heterocycles.